The minimum absolute atomic E-state index is 0.0840. The van der Waals surface area contributed by atoms with E-state index in [1.165, 1.54) is 0 Å². The molecule has 0 atom stereocenters. The Morgan fingerprint density at radius 3 is 2.41 bits per heavy atom. The molecule has 1 aliphatic rings. The number of hydrogen-bond acceptors (Lipinski definition) is 3. The molecule has 0 N–H and O–H groups in total. The number of hydrogen-bond donors (Lipinski definition) is 0. The molecule has 0 unspecified atom stereocenters. The number of carbonyl (C=O) groups is 2. The van der Waals surface area contributed by atoms with Crippen LogP contribution in [-0.2, 0) is 9.53 Å². The molecule has 2 rings (SSSR count). The predicted octanol–water partition coefficient (Wildman–Crippen LogP) is 2.33. The van der Waals surface area contributed by atoms with Gasteiger partial charge in [0.25, 0.3) is 5.91 Å². The lowest BCUT2D eigenvalue weighted by molar-refractivity contribution is -0.123. The number of carbonyl (C=O) groups excluding carboxylic acids is 2. The van der Waals surface area contributed by atoms with Gasteiger partial charge in [0.2, 0.25) is 0 Å². The molecule has 17 heavy (non-hydrogen) atoms. The van der Waals surface area contributed by atoms with Gasteiger partial charge >= 0.3 is 6.09 Å². The lowest BCUT2D eigenvalue weighted by Gasteiger charge is -2.03. The molecule has 1 aromatic rings. The Hall–Kier alpha value is -2.10. The summed E-state index contributed by atoms with van der Waals surface area (Å²) in [5.74, 6) is -0.293. The fourth-order valence-corrected chi connectivity index (χ4v) is 1.59. The summed E-state index contributed by atoms with van der Waals surface area (Å²) < 4.78 is 4.91. The first-order valence-electron chi connectivity index (χ1n) is 5.44. The van der Waals surface area contributed by atoms with Gasteiger partial charge in [0.05, 0.1) is 0 Å². The van der Waals surface area contributed by atoms with Gasteiger partial charge in [0.15, 0.2) is 5.76 Å². The minimum Gasteiger partial charge on any atom is -0.404 e. The van der Waals surface area contributed by atoms with Crippen LogP contribution in [0.3, 0.4) is 0 Å². The molecule has 0 spiro atoms. The third-order valence-corrected chi connectivity index (χ3v) is 2.56. The minimum atomic E-state index is -0.601. The molecule has 4 nitrogen and oxygen atoms in total. The zero-order valence-electron chi connectivity index (χ0n) is 9.77. The number of likely N-dealkylation sites (N-methyl/N-ethyl adjacent to an activating group) is 1. The summed E-state index contributed by atoms with van der Waals surface area (Å²) in [7, 11) is 0. The molecule has 1 fully saturated rings. The maximum atomic E-state index is 11.7. The lowest BCUT2D eigenvalue weighted by Crippen LogP contribution is -2.28. The summed E-state index contributed by atoms with van der Waals surface area (Å²) in [5, 5.41) is 0. The summed E-state index contributed by atoms with van der Waals surface area (Å²) in [5.41, 5.74) is 1.97. The van der Waals surface area contributed by atoms with Crippen molar-refractivity contribution in [2.45, 2.75) is 13.8 Å². The highest BCUT2D eigenvalue weighted by Gasteiger charge is 2.34. The first-order valence-corrected chi connectivity index (χ1v) is 5.44. The van der Waals surface area contributed by atoms with Gasteiger partial charge in [-0.05, 0) is 25.5 Å². The van der Waals surface area contributed by atoms with Gasteiger partial charge < -0.3 is 4.74 Å². The molecule has 0 aromatic heterocycles. The molecule has 88 valence electrons. The smallest absolute Gasteiger partial charge is 0.404 e. The third kappa shape index (κ3) is 2.20. The Bertz CT molecular complexity index is 488. The molecular weight excluding hydrogens is 218 g/mol. The van der Waals surface area contributed by atoms with Crippen molar-refractivity contribution in [1.29, 1.82) is 0 Å². The number of imide groups is 1. The highest BCUT2D eigenvalue weighted by Crippen LogP contribution is 2.19. The van der Waals surface area contributed by atoms with Crippen molar-refractivity contribution in [3.05, 3.63) is 41.2 Å². The van der Waals surface area contributed by atoms with Crippen molar-refractivity contribution < 1.29 is 14.3 Å². The van der Waals surface area contributed by atoms with Crippen LogP contribution in [0.4, 0.5) is 4.79 Å². The highest BCUT2D eigenvalue weighted by molar-refractivity contribution is 6.09. The molecular formula is C13H13NO3. The zero-order chi connectivity index (χ0) is 12.4. The first-order chi connectivity index (χ1) is 8.11. The maximum absolute atomic E-state index is 11.7. The van der Waals surface area contributed by atoms with Crippen molar-refractivity contribution in [2.24, 2.45) is 0 Å². The summed E-state index contributed by atoms with van der Waals surface area (Å²) in [4.78, 5) is 24.1. The van der Waals surface area contributed by atoms with Crippen LogP contribution in [0, 0.1) is 6.92 Å². The highest BCUT2D eigenvalue weighted by atomic mass is 16.6. The fraction of sp³-hybridized carbons (Fsp3) is 0.231. The zero-order valence-corrected chi connectivity index (χ0v) is 9.77. The van der Waals surface area contributed by atoms with E-state index in [9.17, 15) is 9.59 Å². The van der Waals surface area contributed by atoms with Gasteiger partial charge in [-0.1, -0.05) is 29.8 Å². The Morgan fingerprint density at radius 1 is 1.24 bits per heavy atom. The number of cyclic esters (lactones) is 1. The average Bonchev–Trinajstić information content (AvgIpc) is 2.57. The molecule has 1 saturated heterocycles. The molecule has 1 heterocycles. The van der Waals surface area contributed by atoms with E-state index in [0.717, 1.165) is 16.0 Å². The van der Waals surface area contributed by atoms with Gasteiger partial charge in [0.1, 0.15) is 0 Å². The van der Waals surface area contributed by atoms with Crippen molar-refractivity contribution in [2.75, 3.05) is 6.54 Å². The van der Waals surface area contributed by atoms with Gasteiger partial charge in [-0.25, -0.2) is 9.69 Å². The van der Waals surface area contributed by atoms with E-state index in [1.807, 2.05) is 31.2 Å². The second-order valence-corrected chi connectivity index (χ2v) is 3.84. The van der Waals surface area contributed by atoms with Crippen LogP contribution in [0.2, 0.25) is 0 Å². The number of nitrogens with zero attached hydrogens (tertiary/aromatic N) is 1. The van der Waals surface area contributed by atoms with Gasteiger partial charge in [-0.3, -0.25) is 4.79 Å². The van der Waals surface area contributed by atoms with E-state index in [2.05, 4.69) is 0 Å². The first kappa shape index (κ1) is 11.4. The summed E-state index contributed by atoms with van der Waals surface area (Å²) in [6.07, 6.45) is 0.978. The van der Waals surface area contributed by atoms with Crippen LogP contribution in [0.15, 0.2) is 30.0 Å². The van der Waals surface area contributed by atoms with Crippen molar-refractivity contribution in [3.8, 4) is 0 Å². The monoisotopic (exact) mass is 231 g/mol. The van der Waals surface area contributed by atoms with Crippen molar-refractivity contribution in [1.82, 2.24) is 4.90 Å². The second-order valence-electron chi connectivity index (χ2n) is 3.84. The van der Waals surface area contributed by atoms with Gasteiger partial charge in [-0.2, -0.15) is 0 Å². The number of benzene rings is 1. The standard InChI is InChI=1S/C13H13NO3/c1-3-14-12(15)11(17-13(14)16)8-10-6-4-9(2)5-7-10/h4-8H,3H2,1-2H3/b11-8+. The number of rotatable bonds is 2. The maximum Gasteiger partial charge on any atom is 0.422 e. The molecule has 4 heteroatoms. The summed E-state index contributed by atoms with van der Waals surface area (Å²) >= 11 is 0. The van der Waals surface area contributed by atoms with E-state index in [1.54, 1.807) is 13.0 Å². The summed E-state index contributed by atoms with van der Waals surface area (Å²) in [6.45, 7) is 4.04. The number of ether oxygens (including phenoxy) is 1. The lowest BCUT2D eigenvalue weighted by atomic mass is 10.1. The normalized spacial score (nSPS) is 17.8. The van der Waals surface area contributed by atoms with E-state index < -0.39 is 6.09 Å². The van der Waals surface area contributed by atoms with Crippen molar-refractivity contribution >= 4 is 18.1 Å². The van der Waals surface area contributed by atoms with Crippen LogP contribution in [0.1, 0.15) is 18.1 Å². The Balaban J connectivity index is 2.27. The number of aryl methyl sites for hydroxylation is 1. The molecule has 0 radical (unpaired) electrons. The molecule has 0 saturated carbocycles. The predicted molar refractivity (Wildman–Crippen MR) is 63.0 cm³/mol. The average molecular weight is 231 g/mol. The Labute approximate surface area is 99.5 Å². The molecule has 0 aliphatic carbocycles. The van der Waals surface area contributed by atoms with Crippen LogP contribution < -0.4 is 0 Å². The SMILES string of the molecule is CCN1C(=O)O/C(=C/c2ccc(C)cc2)C1=O. The van der Waals surface area contributed by atoms with Gasteiger partial charge in [-0.15, -0.1) is 0 Å². The molecule has 1 aromatic carbocycles. The van der Waals surface area contributed by atoms with E-state index in [-0.39, 0.29) is 11.7 Å². The van der Waals surface area contributed by atoms with Crippen LogP contribution >= 0.6 is 0 Å². The Morgan fingerprint density at radius 2 is 1.88 bits per heavy atom. The Kier molecular flexibility index (Phi) is 2.95. The van der Waals surface area contributed by atoms with Crippen molar-refractivity contribution in [3.63, 3.8) is 0 Å². The summed E-state index contributed by atoms with van der Waals surface area (Å²) in [6, 6.07) is 7.62. The molecule has 1 aliphatic heterocycles. The largest absolute Gasteiger partial charge is 0.422 e. The quantitative estimate of drug-likeness (QED) is 0.734. The fourth-order valence-electron chi connectivity index (χ4n) is 1.59. The topological polar surface area (TPSA) is 46.6 Å². The van der Waals surface area contributed by atoms with E-state index in [4.69, 9.17) is 4.74 Å². The molecule has 2 amide bonds. The van der Waals surface area contributed by atoms with E-state index in [0.29, 0.717) is 6.54 Å². The third-order valence-electron chi connectivity index (χ3n) is 2.56. The van der Waals surface area contributed by atoms with Crippen LogP contribution in [0.5, 0.6) is 0 Å². The second kappa shape index (κ2) is 4.41. The van der Waals surface area contributed by atoms with E-state index >= 15 is 0 Å². The van der Waals surface area contributed by atoms with Gasteiger partial charge in [0, 0.05) is 6.54 Å². The number of amides is 2. The molecule has 0 bridgehead atoms. The van der Waals surface area contributed by atoms with Crippen LogP contribution in [-0.4, -0.2) is 23.4 Å². The van der Waals surface area contributed by atoms with Crippen LogP contribution in [0.25, 0.3) is 6.08 Å².